The maximum absolute atomic E-state index is 12.7. The van der Waals surface area contributed by atoms with Gasteiger partial charge in [0.25, 0.3) is 0 Å². The lowest BCUT2D eigenvalue weighted by Crippen LogP contribution is -2.63. The number of halogens is 3. The average Bonchev–Trinajstić information content (AvgIpc) is 2.58. The summed E-state index contributed by atoms with van der Waals surface area (Å²) < 4.78 is 43.1. The van der Waals surface area contributed by atoms with Gasteiger partial charge in [-0.2, -0.15) is 13.2 Å². The lowest BCUT2D eigenvalue weighted by molar-refractivity contribution is -0.137. The van der Waals surface area contributed by atoms with Crippen LogP contribution in [0.15, 0.2) is 48.5 Å². The van der Waals surface area contributed by atoms with Gasteiger partial charge in [0.05, 0.1) is 18.7 Å². The minimum Gasteiger partial charge on any atom is -0.497 e. The van der Waals surface area contributed by atoms with Crippen LogP contribution in [0.1, 0.15) is 17.2 Å². The van der Waals surface area contributed by atoms with Crippen LogP contribution in [0.2, 0.25) is 0 Å². The number of amides is 1. The maximum atomic E-state index is 12.7. The highest BCUT2D eigenvalue weighted by Gasteiger charge is 2.46. The molecule has 2 aromatic carbocycles. The molecule has 1 saturated heterocycles. The number of carbonyl (C=O) groups excluding carboxylic acids is 1. The van der Waals surface area contributed by atoms with Crippen LogP contribution in [0.4, 0.5) is 18.9 Å². The van der Waals surface area contributed by atoms with Gasteiger partial charge < -0.3 is 15.4 Å². The molecule has 0 radical (unpaired) electrons. The Bertz CT molecular complexity index is 742. The molecule has 1 amide bonds. The van der Waals surface area contributed by atoms with E-state index in [0.29, 0.717) is 17.0 Å². The zero-order chi connectivity index (χ0) is 17.5. The number of methoxy groups -OCH3 is 1. The van der Waals surface area contributed by atoms with E-state index in [0.717, 1.165) is 12.1 Å². The minimum absolute atomic E-state index is 0.273. The van der Waals surface area contributed by atoms with Gasteiger partial charge in [-0.15, -0.1) is 0 Å². The van der Waals surface area contributed by atoms with Gasteiger partial charge in [0.15, 0.2) is 0 Å². The molecule has 1 fully saturated rings. The fourth-order valence-electron chi connectivity index (χ4n) is 2.77. The van der Waals surface area contributed by atoms with Crippen molar-refractivity contribution in [3.8, 4) is 5.75 Å². The summed E-state index contributed by atoms with van der Waals surface area (Å²) in [5.41, 5.74) is 6.31. The molecule has 24 heavy (non-hydrogen) atoms. The third kappa shape index (κ3) is 2.71. The molecular formula is C17H15F3N2O2. The second-order valence-electron chi connectivity index (χ2n) is 5.50. The first-order valence-electron chi connectivity index (χ1n) is 7.23. The zero-order valence-electron chi connectivity index (χ0n) is 12.7. The van der Waals surface area contributed by atoms with Crippen molar-refractivity contribution in [3.63, 3.8) is 0 Å². The SMILES string of the molecule is COc1ccc(N2C(=O)[C@H](N)[C@@H]2c2ccc(C(F)(F)F)cc2)cc1. The van der Waals surface area contributed by atoms with Gasteiger partial charge in [0, 0.05) is 5.69 Å². The quantitative estimate of drug-likeness (QED) is 0.876. The Morgan fingerprint density at radius 2 is 1.62 bits per heavy atom. The van der Waals surface area contributed by atoms with Crippen molar-refractivity contribution >= 4 is 11.6 Å². The summed E-state index contributed by atoms with van der Waals surface area (Å²) >= 11 is 0. The molecule has 1 aliphatic rings. The molecule has 126 valence electrons. The van der Waals surface area contributed by atoms with E-state index in [1.807, 2.05) is 0 Å². The summed E-state index contributed by atoms with van der Waals surface area (Å²) in [5, 5.41) is 0. The van der Waals surface area contributed by atoms with Gasteiger partial charge >= 0.3 is 6.18 Å². The number of ether oxygens (including phenoxy) is 1. The molecule has 0 unspecified atom stereocenters. The molecule has 2 aromatic rings. The number of nitrogens with zero attached hydrogens (tertiary/aromatic N) is 1. The van der Waals surface area contributed by atoms with Gasteiger partial charge in [0.1, 0.15) is 11.8 Å². The van der Waals surface area contributed by atoms with Gasteiger partial charge in [-0.05, 0) is 42.0 Å². The van der Waals surface area contributed by atoms with Crippen LogP contribution < -0.4 is 15.4 Å². The number of hydrogen-bond acceptors (Lipinski definition) is 3. The normalized spacial score (nSPS) is 20.7. The summed E-state index contributed by atoms with van der Waals surface area (Å²) in [6, 6.07) is 10.3. The molecule has 2 N–H and O–H groups in total. The van der Waals surface area contributed by atoms with Crippen molar-refractivity contribution in [2.45, 2.75) is 18.3 Å². The number of benzene rings is 2. The average molecular weight is 336 g/mol. The third-order valence-electron chi connectivity index (χ3n) is 4.07. The highest BCUT2D eigenvalue weighted by molar-refractivity contribution is 6.05. The van der Waals surface area contributed by atoms with E-state index in [1.54, 1.807) is 24.3 Å². The Hall–Kier alpha value is -2.54. The lowest BCUT2D eigenvalue weighted by atomic mass is 9.88. The topological polar surface area (TPSA) is 55.6 Å². The highest BCUT2D eigenvalue weighted by Crippen LogP contribution is 2.39. The van der Waals surface area contributed by atoms with Gasteiger partial charge in [-0.25, -0.2) is 0 Å². The van der Waals surface area contributed by atoms with Crippen molar-refractivity contribution in [2.24, 2.45) is 5.73 Å². The van der Waals surface area contributed by atoms with E-state index >= 15 is 0 Å². The predicted octanol–water partition coefficient (Wildman–Crippen LogP) is 3.13. The first kappa shape index (κ1) is 16.3. The highest BCUT2D eigenvalue weighted by atomic mass is 19.4. The molecule has 0 bridgehead atoms. The zero-order valence-corrected chi connectivity index (χ0v) is 12.7. The smallest absolute Gasteiger partial charge is 0.416 e. The fourth-order valence-corrected chi connectivity index (χ4v) is 2.77. The molecule has 1 aliphatic heterocycles. The summed E-state index contributed by atoms with van der Waals surface area (Å²) in [4.78, 5) is 13.6. The largest absolute Gasteiger partial charge is 0.497 e. The third-order valence-corrected chi connectivity index (χ3v) is 4.07. The number of hydrogen-bond donors (Lipinski definition) is 1. The van der Waals surface area contributed by atoms with Gasteiger partial charge in [-0.3, -0.25) is 4.79 Å². The van der Waals surface area contributed by atoms with E-state index in [2.05, 4.69) is 0 Å². The van der Waals surface area contributed by atoms with E-state index in [1.165, 1.54) is 24.1 Å². The molecule has 0 aliphatic carbocycles. The van der Waals surface area contributed by atoms with E-state index in [4.69, 9.17) is 10.5 Å². The number of rotatable bonds is 3. The van der Waals surface area contributed by atoms with Gasteiger partial charge in [0.2, 0.25) is 5.91 Å². The van der Waals surface area contributed by atoms with E-state index in [-0.39, 0.29) is 5.91 Å². The Morgan fingerprint density at radius 1 is 1.04 bits per heavy atom. The van der Waals surface area contributed by atoms with Crippen LogP contribution in [0.3, 0.4) is 0 Å². The molecule has 7 heteroatoms. The number of anilines is 1. The molecule has 0 aromatic heterocycles. The fraction of sp³-hybridized carbons (Fsp3) is 0.235. The Balaban J connectivity index is 1.89. The van der Waals surface area contributed by atoms with Crippen LogP contribution >= 0.6 is 0 Å². The summed E-state index contributed by atoms with van der Waals surface area (Å²) in [5.74, 6) is 0.368. The molecule has 0 spiro atoms. The van der Waals surface area contributed by atoms with Crippen LogP contribution in [0, 0.1) is 0 Å². The minimum atomic E-state index is -4.40. The van der Waals surface area contributed by atoms with Crippen molar-refractivity contribution in [1.29, 1.82) is 0 Å². The number of nitrogens with two attached hydrogens (primary N) is 1. The van der Waals surface area contributed by atoms with E-state index in [9.17, 15) is 18.0 Å². The van der Waals surface area contributed by atoms with Crippen molar-refractivity contribution in [3.05, 3.63) is 59.7 Å². The predicted molar refractivity (Wildman–Crippen MR) is 82.6 cm³/mol. The summed E-state index contributed by atoms with van der Waals surface area (Å²) in [6.07, 6.45) is -4.40. The first-order valence-corrected chi connectivity index (χ1v) is 7.23. The number of carbonyl (C=O) groups is 1. The Morgan fingerprint density at radius 3 is 2.12 bits per heavy atom. The first-order chi connectivity index (χ1) is 11.3. The van der Waals surface area contributed by atoms with Crippen LogP contribution in [0.25, 0.3) is 0 Å². The molecule has 3 rings (SSSR count). The second-order valence-corrected chi connectivity index (χ2v) is 5.50. The standard InChI is InChI=1S/C17H15F3N2O2/c1-24-13-8-6-12(7-9-13)22-15(14(21)16(22)23)10-2-4-11(5-3-10)17(18,19)20/h2-9,14-15H,21H2,1H3/t14-,15+/m1/s1. The Kier molecular flexibility index (Phi) is 3.96. The number of β-lactam (4-membered cyclic amide) rings is 1. The molecule has 4 nitrogen and oxygen atoms in total. The maximum Gasteiger partial charge on any atom is 0.416 e. The number of alkyl halides is 3. The van der Waals surface area contributed by atoms with Crippen LogP contribution in [-0.2, 0) is 11.0 Å². The summed E-state index contributed by atoms with van der Waals surface area (Å²) in [6.45, 7) is 0. The second kappa shape index (κ2) is 5.83. The van der Waals surface area contributed by atoms with Crippen molar-refractivity contribution in [1.82, 2.24) is 0 Å². The molecule has 1 heterocycles. The van der Waals surface area contributed by atoms with Crippen LogP contribution in [-0.4, -0.2) is 19.1 Å². The monoisotopic (exact) mass is 336 g/mol. The molecular weight excluding hydrogens is 321 g/mol. The van der Waals surface area contributed by atoms with Crippen molar-refractivity contribution < 1.29 is 22.7 Å². The Labute approximate surface area is 136 Å². The van der Waals surface area contributed by atoms with E-state index < -0.39 is 23.8 Å². The molecule has 0 saturated carbocycles. The summed E-state index contributed by atoms with van der Waals surface area (Å²) in [7, 11) is 1.53. The molecule has 2 atom stereocenters. The lowest BCUT2D eigenvalue weighted by Gasteiger charge is -2.45. The van der Waals surface area contributed by atoms with Gasteiger partial charge in [-0.1, -0.05) is 12.1 Å². The van der Waals surface area contributed by atoms with Crippen LogP contribution in [0.5, 0.6) is 5.75 Å². The van der Waals surface area contributed by atoms with Crippen molar-refractivity contribution in [2.75, 3.05) is 12.0 Å².